The number of nitrogens with one attached hydrogen (secondary N) is 1. The summed E-state index contributed by atoms with van der Waals surface area (Å²) in [6, 6.07) is 20.6. The molecule has 1 aliphatic rings. The number of sulfonamides is 1. The molecule has 1 N–H and O–H groups in total. The van der Waals surface area contributed by atoms with Crippen LogP contribution in [0.5, 0.6) is 0 Å². The van der Waals surface area contributed by atoms with Crippen molar-refractivity contribution < 1.29 is 13.2 Å². The van der Waals surface area contributed by atoms with Crippen molar-refractivity contribution in [1.82, 2.24) is 5.32 Å². The summed E-state index contributed by atoms with van der Waals surface area (Å²) in [4.78, 5) is 13.3. The Bertz CT molecular complexity index is 1250. The molecule has 1 amide bonds. The van der Waals surface area contributed by atoms with Crippen molar-refractivity contribution in [2.24, 2.45) is 0 Å². The largest absolute Gasteiger partial charge is 0.348 e. The molecule has 0 radical (unpaired) electrons. The van der Waals surface area contributed by atoms with Gasteiger partial charge in [0, 0.05) is 11.1 Å². The van der Waals surface area contributed by atoms with E-state index in [1.165, 1.54) is 4.31 Å². The average Bonchev–Trinajstić information content (AvgIpc) is 2.80. The maximum atomic E-state index is 13.5. The second-order valence-electron chi connectivity index (χ2n) is 8.15. The number of carbonyl (C=O) groups is 1. The lowest BCUT2D eigenvalue weighted by Crippen LogP contribution is -2.43. The smallest absolute Gasteiger partial charge is 0.265 e. The van der Waals surface area contributed by atoms with Gasteiger partial charge in [0.05, 0.1) is 16.6 Å². The highest BCUT2D eigenvalue weighted by Gasteiger charge is 2.36. The molecule has 0 aromatic heterocycles. The van der Waals surface area contributed by atoms with E-state index < -0.39 is 10.0 Å². The Balaban J connectivity index is 1.67. The molecule has 6 heteroatoms. The van der Waals surface area contributed by atoms with Crippen LogP contribution < -0.4 is 9.62 Å². The lowest BCUT2D eigenvalue weighted by atomic mass is 9.99. The van der Waals surface area contributed by atoms with E-state index in [1.807, 2.05) is 68.4 Å². The Morgan fingerprint density at radius 1 is 0.969 bits per heavy atom. The molecule has 0 aliphatic carbocycles. The summed E-state index contributed by atoms with van der Waals surface area (Å²) in [5.74, 6) is -0.328. The molecule has 0 bridgehead atoms. The summed E-state index contributed by atoms with van der Waals surface area (Å²) in [5, 5.41) is 3.02. The van der Waals surface area contributed by atoms with E-state index in [9.17, 15) is 13.2 Å². The number of hydrogen-bond donors (Lipinski definition) is 1. The first kappa shape index (κ1) is 22.1. The number of aryl methyl sites for hydroxylation is 2. The van der Waals surface area contributed by atoms with Gasteiger partial charge in [-0.3, -0.25) is 9.10 Å². The van der Waals surface area contributed by atoms with Gasteiger partial charge in [-0.15, -0.1) is 0 Å². The van der Waals surface area contributed by atoms with Crippen molar-refractivity contribution in [2.75, 3.05) is 10.8 Å². The summed E-state index contributed by atoms with van der Waals surface area (Å²) in [6.07, 6.45) is 1.55. The quantitative estimate of drug-likeness (QED) is 0.577. The van der Waals surface area contributed by atoms with Crippen LogP contribution in [0.4, 0.5) is 5.69 Å². The first-order valence-electron chi connectivity index (χ1n) is 11.0. The topological polar surface area (TPSA) is 66.5 Å². The molecule has 1 heterocycles. The second kappa shape index (κ2) is 8.79. The van der Waals surface area contributed by atoms with Gasteiger partial charge >= 0.3 is 0 Å². The summed E-state index contributed by atoms with van der Waals surface area (Å²) in [7, 11) is -3.85. The average molecular weight is 449 g/mol. The van der Waals surface area contributed by atoms with Crippen LogP contribution in [-0.4, -0.2) is 20.9 Å². The fourth-order valence-corrected chi connectivity index (χ4v) is 5.81. The van der Waals surface area contributed by atoms with Crippen molar-refractivity contribution in [3.63, 3.8) is 0 Å². The summed E-state index contributed by atoms with van der Waals surface area (Å²) in [5.41, 5.74) is 5.34. The van der Waals surface area contributed by atoms with Gasteiger partial charge in [0.1, 0.15) is 6.54 Å². The number of rotatable bonds is 6. The standard InChI is InChI=1S/C26H28N2O3S/c1-4-19-12-15-24-22(16-19)21-8-6-7-9-25(21)32(30,31)28(24)17-26(29)27-23(5-2)20-13-10-18(3)11-14-20/h6-16,23H,4-5,17H2,1-3H3,(H,27,29)/t23-/m1/s1. The van der Waals surface area contributed by atoms with Crippen LogP contribution in [0.3, 0.4) is 0 Å². The Hall–Kier alpha value is -3.12. The maximum Gasteiger partial charge on any atom is 0.265 e. The van der Waals surface area contributed by atoms with E-state index in [4.69, 9.17) is 0 Å². The van der Waals surface area contributed by atoms with Crippen LogP contribution in [-0.2, 0) is 21.2 Å². The van der Waals surface area contributed by atoms with E-state index in [-0.39, 0.29) is 23.4 Å². The lowest BCUT2D eigenvalue weighted by Gasteiger charge is -2.32. The molecule has 3 aromatic rings. The van der Waals surface area contributed by atoms with Crippen molar-refractivity contribution in [3.05, 3.63) is 83.4 Å². The molecular formula is C26H28N2O3S. The predicted octanol–water partition coefficient (Wildman–Crippen LogP) is 5.00. The number of hydrogen-bond acceptors (Lipinski definition) is 3. The zero-order chi connectivity index (χ0) is 22.9. The molecule has 5 nitrogen and oxygen atoms in total. The minimum atomic E-state index is -3.85. The van der Waals surface area contributed by atoms with E-state index in [0.29, 0.717) is 17.7 Å². The third-order valence-electron chi connectivity index (χ3n) is 5.99. The molecule has 0 fully saturated rings. The first-order chi connectivity index (χ1) is 15.3. The fourth-order valence-electron chi connectivity index (χ4n) is 4.16. The highest BCUT2D eigenvalue weighted by molar-refractivity contribution is 7.93. The first-order valence-corrected chi connectivity index (χ1v) is 12.4. The zero-order valence-corrected chi connectivity index (χ0v) is 19.4. The van der Waals surface area contributed by atoms with Gasteiger partial charge in [0.25, 0.3) is 10.0 Å². The van der Waals surface area contributed by atoms with Crippen molar-refractivity contribution >= 4 is 21.6 Å². The minimum absolute atomic E-state index is 0.176. The molecule has 0 saturated heterocycles. The number of benzene rings is 3. The monoisotopic (exact) mass is 448 g/mol. The van der Waals surface area contributed by atoms with Crippen LogP contribution >= 0.6 is 0 Å². The summed E-state index contributed by atoms with van der Waals surface area (Å²) in [6.45, 7) is 5.82. The molecule has 32 heavy (non-hydrogen) atoms. The third kappa shape index (κ3) is 4.02. The van der Waals surface area contributed by atoms with Crippen molar-refractivity contribution in [3.8, 4) is 11.1 Å². The van der Waals surface area contributed by atoms with E-state index in [2.05, 4.69) is 12.2 Å². The highest BCUT2D eigenvalue weighted by atomic mass is 32.2. The lowest BCUT2D eigenvalue weighted by molar-refractivity contribution is -0.120. The van der Waals surface area contributed by atoms with Gasteiger partial charge in [0.15, 0.2) is 0 Å². The Morgan fingerprint density at radius 2 is 1.69 bits per heavy atom. The molecule has 0 saturated carbocycles. The third-order valence-corrected chi connectivity index (χ3v) is 7.81. The molecule has 0 unspecified atom stereocenters. The molecule has 4 rings (SSSR count). The van der Waals surface area contributed by atoms with Crippen molar-refractivity contribution in [2.45, 2.75) is 44.6 Å². The van der Waals surface area contributed by atoms with Crippen molar-refractivity contribution in [1.29, 1.82) is 0 Å². The molecular weight excluding hydrogens is 420 g/mol. The van der Waals surface area contributed by atoms with Gasteiger partial charge < -0.3 is 5.32 Å². The Labute approximate surface area is 190 Å². The van der Waals surface area contributed by atoms with Crippen LogP contribution in [0, 0.1) is 6.92 Å². The second-order valence-corrected chi connectivity index (χ2v) is 9.98. The van der Waals surface area contributed by atoms with Crippen LogP contribution in [0.2, 0.25) is 0 Å². The van der Waals surface area contributed by atoms with E-state index in [0.717, 1.165) is 28.7 Å². The van der Waals surface area contributed by atoms with Gasteiger partial charge in [-0.1, -0.05) is 67.9 Å². The Kier molecular flexibility index (Phi) is 6.07. The van der Waals surface area contributed by atoms with Gasteiger partial charge in [-0.25, -0.2) is 8.42 Å². The predicted molar refractivity (Wildman–Crippen MR) is 128 cm³/mol. The molecule has 1 atom stereocenters. The molecule has 0 spiro atoms. The van der Waals surface area contributed by atoms with Crippen LogP contribution in [0.15, 0.2) is 71.6 Å². The SMILES string of the molecule is CCc1ccc2c(c1)-c1ccccc1S(=O)(=O)N2CC(=O)N[C@H](CC)c1ccc(C)cc1. The molecule has 3 aromatic carbocycles. The number of nitrogens with zero attached hydrogens (tertiary/aromatic N) is 1. The highest BCUT2D eigenvalue weighted by Crippen LogP contribution is 2.43. The number of amides is 1. The zero-order valence-electron chi connectivity index (χ0n) is 18.6. The number of fused-ring (bicyclic) bond motifs is 3. The fraction of sp³-hybridized carbons (Fsp3) is 0.269. The normalized spacial score (nSPS) is 14.9. The van der Waals surface area contributed by atoms with Gasteiger partial charge in [-0.2, -0.15) is 0 Å². The van der Waals surface area contributed by atoms with E-state index in [1.54, 1.807) is 12.1 Å². The van der Waals surface area contributed by atoms with E-state index >= 15 is 0 Å². The Morgan fingerprint density at radius 3 is 2.38 bits per heavy atom. The summed E-state index contributed by atoms with van der Waals surface area (Å²) < 4.78 is 28.2. The number of carbonyl (C=O) groups excluding carboxylic acids is 1. The minimum Gasteiger partial charge on any atom is -0.348 e. The van der Waals surface area contributed by atoms with Crippen LogP contribution in [0.25, 0.3) is 11.1 Å². The van der Waals surface area contributed by atoms with Gasteiger partial charge in [0.2, 0.25) is 5.91 Å². The molecule has 166 valence electrons. The number of anilines is 1. The van der Waals surface area contributed by atoms with Gasteiger partial charge in [-0.05, 0) is 49.1 Å². The molecule has 1 aliphatic heterocycles. The summed E-state index contributed by atoms with van der Waals surface area (Å²) >= 11 is 0. The van der Waals surface area contributed by atoms with Crippen LogP contribution in [0.1, 0.15) is 43.0 Å². The maximum absolute atomic E-state index is 13.5.